The standard InChI is InChI=1S/C18H27N3O4S/c1-3-8-19-26(23,24)17-6-4-14(5-7-17)18(22)20-15-9-16-12-25-13(2)10-21(16)11-15/h4-7,13,15-16,19H,3,8-12H2,1-2H3,(H,20,22)/t13-,15+,16+/m1/s1. The molecule has 2 saturated heterocycles. The summed E-state index contributed by atoms with van der Waals surface area (Å²) >= 11 is 0. The summed E-state index contributed by atoms with van der Waals surface area (Å²) in [5, 5.41) is 3.06. The zero-order valence-electron chi connectivity index (χ0n) is 15.3. The Morgan fingerprint density at radius 1 is 1.27 bits per heavy atom. The van der Waals surface area contributed by atoms with Gasteiger partial charge in [0.25, 0.3) is 5.91 Å². The number of fused-ring (bicyclic) bond motifs is 1. The van der Waals surface area contributed by atoms with Gasteiger partial charge in [0.15, 0.2) is 0 Å². The average Bonchev–Trinajstić information content (AvgIpc) is 3.01. The van der Waals surface area contributed by atoms with E-state index in [2.05, 4.69) is 21.9 Å². The van der Waals surface area contributed by atoms with Crippen molar-refractivity contribution in [1.29, 1.82) is 0 Å². The lowest BCUT2D eigenvalue weighted by Crippen LogP contribution is -2.45. The first-order valence-electron chi connectivity index (χ1n) is 9.15. The highest BCUT2D eigenvalue weighted by Gasteiger charge is 2.36. The van der Waals surface area contributed by atoms with Gasteiger partial charge in [-0.3, -0.25) is 9.69 Å². The molecule has 1 amide bonds. The highest BCUT2D eigenvalue weighted by Crippen LogP contribution is 2.23. The van der Waals surface area contributed by atoms with E-state index < -0.39 is 10.0 Å². The molecule has 0 saturated carbocycles. The molecule has 2 N–H and O–H groups in total. The van der Waals surface area contributed by atoms with Crippen molar-refractivity contribution in [3.63, 3.8) is 0 Å². The Morgan fingerprint density at radius 3 is 2.69 bits per heavy atom. The summed E-state index contributed by atoms with van der Waals surface area (Å²) in [4.78, 5) is 15.0. The van der Waals surface area contributed by atoms with Gasteiger partial charge in [-0.1, -0.05) is 6.92 Å². The second-order valence-corrected chi connectivity index (χ2v) is 8.85. The van der Waals surface area contributed by atoms with Gasteiger partial charge in [0, 0.05) is 37.3 Å². The van der Waals surface area contributed by atoms with Crippen LogP contribution in [0.2, 0.25) is 0 Å². The van der Waals surface area contributed by atoms with E-state index in [1.165, 1.54) is 12.1 Å². The summed E-state index contributed by atoms with van der Waals surface area (Å²) in [5.41, 5.74) is 0.467. The van der Waals surface area contributed by atoms with E-state index in [0.717, 1.165) is 25.9 Å². The minimum absolute atomic E-state index is 0.0935. The second kappa shape index (κ2) is 8.04. The molecule has 0 aliphatic carbocycles. The van der Waals surface area contributed by atoms with E-state index in [4.69, 9.17) is 4.74 Å². The maximum atomic E-state index is 12.5. The van der Waals surface area contributed by atoms with Crippen LogP contribution in [0.3, 0.4) is 0 Å². The fourth-order valence-corrected chi connectivity index (χ4v) is 4.65. The molecule has 3 atom stereocenters. The van der Waals surface area contributed by atoms with E-state index in [0.29, 0.717) is 24.8 Å². The third kappa shape index (κ3) is 4.43. The molecule has 3 rings (SSSR count). The van der Waals surface area contributed by atoms with Gasteiger partial charge in [-0.2, -0.15) is 0 Å². The van der Waals surface area contributed by atoms with E-state index in [1.807, 2.05) is 6.92 Å². The lowest BCUT2D eigenvalue weighted by atomic mass is 10.1. The number of nitrogens with one attached hydrogen (secondary N) is 2. The first-order valence-corrected chi connectivity index (χ1v) is 10.6. The van der Waals surface area contributed by atoms with Gasteiger partial charge < -0.3 is 10.1 Å². The van der Waals surface area contributed by atoms with Crippen LogP contribution in [-0.2, 0) is 14.8 Å². The molecule has 0 spiro atoms. The van der Waals surface area contributed by atoms with Crippen molar-refractivity contribution in [2.75, 3.05) is 26.2 Å². The first kappa shape index (κ1) is 19.3. The molecular formula is C18H27N3O4S. The predicted octanol–water partition coefficient (Wildman–Crippen LogP) is 0.966. The molecule has 1 aromatic rings. The number of hydrogen-bond donors (Lipinski definition) is 2. The summed E-state index contributed by atoms with van der Waals surface area (Å²) in [6.07, 6.45) is 1.84. The van der Waals surface area contributed by atoms with Crippen molar-refractivity contribution in [2.24, 2.45) is 0 Å². The van der Waals surface area contributed by atoms with Gasteiger partial charge in [0.1, 0.15) is 0 Å². The van der Waals surface area contributed by atoms with Gasteiger partial charge in [-0.15, -0.1) is 0 Å². The fourth-order valence-electron chi connectivity index (χ4n) is 3.52. The quantitative estimate of drug-likeness (QED) is 0.767. The Morgan fingerprint density at radius 2 is 2.00 bits per heavy atom. The first-order chi connectivity index (χ1) is 12.4. The monoisotopic (exact) mass is 381 g/mol. The van der Waals surface area contributed by atoms with Crippen LogP contribution >= 0.6 is 0 Å². The van der Waals surface area contributed by atoms with E-state index in [9.17, 15) is 13.2 Å². The van der Waals surface area contributed by atoms with Crippen LogP contribution < -0.4 is 10.0 Å². The predicted molar refractivity (Wildman–Crippen MR) is 98.6 cm³/mol. The Bertz CT molecular complexity index is 735. The van der Waals surface area contributed by atoms with E-state index in [1.54, 1.807) is 12.1 Å². The smallest absolute Gasteiger partial charge is 0.251 e. The average molecular weight is 381 g/mol. The molecule has 0 aromatic heterocycles. The zero-order chi connectivity index (χ0) is 18.7. The van der Waals surface area contributed by atoms with Crippen LogP contribution in [0.4, 0.5) is 0 Å². The number of ether oxygens (including phenoxy) is 1. The summed E-state index contributed by atoms with van der Waals surface area (Å²) in [6.45, 7) is 6.80. The zero-order valence-corrected chi connectivity index (χ0v) is 16.1. The fraction of sp³-hybridized carbons (Fsp3) is 0.611. The molecule has 0 bridgehead atoms. The third-order valence-electron chi connectivity index (χ3n) is 4.90. The summed E-state index contributed by atoms with van der Waals surface area (Å²) in [6, 6.07) is 6.53. The van der Waals surface area contributed by atoms with Crippen LogP contribution in [-0.4, -0.2) is 63.7 Å². The molecule has 8 heteroatoms. The van der Waals surface area contributed by atoms with Crippen molar-refractivity contribution >= 4 is 15.9 Å². The normalized spacial score (nSPS) is 26.5. The van der Waals surface area contributed by atoms with Crippen LogP contribution in [0.25, 0.3) is 0 Å². The maximum absolute atomic E-state index is 12.5. The van der Waals surface area contributed by atoms with Gasteiger partial charge in [0.05, 0.1) is 17.6 Å². The van der Waals surface area contributed by atoms with Gasteiger partial charge in [-0.05, 0) is 44.0 Å². The number of sulfonamides is 1. The number of rotatable bonds is 6. The minimum Gasteiger partial charge on any atom is -0.376 e. The largest absolute Gasteiger partial charge is 0.376 e. The molecule has 7 nitrogen and oxygen atoms in total. The van der Waals surface area contributed by atoms with Crippen molar-refractivity contribution in [3.05, 3.63) is 29.8 Å². The van der Waals surface area contributed by atoms with E-state index >= 15 is 0 Å². The Labute approximate surface area is 155 Å². The molecule has 0 unspecified atom stereocenters. The molecule has 2 heterocycles. The number of benzene rings is 1. The number of carbonyl (C=O) groups excluding carboxylic acids is 1. The number of carbonyl (C=O) groups is 1. The van der Waals surface area contributed by atoms with Crippen molar-refractivity contribution in [1.82, 2.24) is 14.9 Å². The number of amides is 1. The minimum atomic E-state index is -3.51. The van der Waals surface area contributed by atoms with Gasteiger partial charge in [0.2, 0.25) is 10.0 Å². The summed E-state index contributed by atoms with van der Waals surface area (Å²) < 4.78 is 32.4. The SMILES string of the molecule is CCCNS(=O)(=O)c1ccc(C(=O)N[C@H]2C[C@H]3CO[C@H](C)CN3C2)cc1. The van der Waals surface area contributed by atoms with Crippen LogP contribution in [0, 0.1) is 0 Å². The Balaban J connectivity index is 1.59. The van der Waals surface area contributed by atoms with Crippen molar-refractivity contribution in [3.8, 4) is 0 Å². The molecular weight excluding hydrogens is 354 g/mol. The van der Waals surface area contributed by atoms with Gasteiger partial charge >= 0.3 is 0 Å². The molecule has 0 radical (unpaired) electrons. The molecule has 2 aliphatic heterocycles. The lowest BCUT2D eigenvalue weighted by Gasteiger charge is -2.33. The van der Waals surface area contributed by atoms with Crippen molar-refractivity contribution < 1.29 is 17.9 Å². The summed E-state index contributed by atoms with van der Waals surface area (Å²) in [5.74, 6) is -0.172. The van der Waals surface area contributed by atoms with E-state index in [-0.39, 0.29) is 22.9 Å². The molecule has 1 aromatic carbocycles. The van der Waals surface area contributed by atoms with Crippen molar-refractivity contribution in [2.45, 2.75) is 49.8 Å². The Kier molecular flexibility index (Phi) is 5.96. The molecule has 144 valence electrons. The number of morpholine rings is 1. The topological polar surface area (TPSA) is 87.7 Å². The highest BCUT2D eigenvalue weighted by atomic mass is 32.2. The third-order valence-corrected chi connectivity index (χ3v) is 6.37. The van der Waals surface area contributed by atoms with Crippen LogP contribution in [0.15, 0.2) is 29.2 Å². The number of nitrogens with zero attached hydrogens (tertiary/aromatic N) is 1. The van der Waals surface area contributed by atoms with Gasteiger partial charge in [-0.25, -0.2) is 13.1 Å². The molecule has 2 fully saturated rings. The van der Waals surface area contributed by atoms with Crippen LogP contribution in [0.5, 0.6) is 0 Å². The molecule has 26 heavy (non-hydrogen) atoms. The maximum Gasteiger partial charge on any atom is 0.251 e. The lowest BCUT2D eigenvalue weighted by molar-refractivity contribution is -0.0390. The highest BCUT2D eigenvalue weighted by molar-refractivity contribution is 7.89. The number of hydrogen-bond acceptors (Lipinski definition) is 5. The Hall–Kier alpha value is -1.48. The van der Waals surface area contributed by atoms with Crippen LogP contribution in [0.1, 0.15) is 37.0 Å². The second-order valence-electron chi connectivity index (χ2n) is 7.08. The summed E-state index contributed by atoms with van der Waals surface area (Å²) in [7, 11) is -3.51. The molecule has 2 aliphatic rings.